The van der Waals surface area contributed by atoms with Gasteiger partial charge in [-0.15, -0.1) is 5.10 Å². The van der Waals surface area contributed by atoms with Crippen LogP contribution in [0.15, 0.2) is 47.6 Å². The van der Waals surface area contributed by atoms with Crippen LogP contribution in [0.5, 0.6) is 5.75 Å². The number of nitrogens with one attached hydrogen (secondary N) is 2. The highest BCUT2D eigenvalue weighted by Crippen LogP contribution is 2.22. The summed E-state index contributed by atoms with van der Waals surface area (Å²) in [4.78, 5) is 39.4. The Kier molecular flexibility index (Phi) is 6.32. The van der Waals surface area contributed by atoms with Crippen LogP contribution in [0.3, 0.4) is 0 Å². The summed E-state index contributed by atoms with van der Waals surface area (Å²) < 4.78 is 5.12. The molecule has 0 saturated carbocycles. The van der Waals surface area contributed by atoms with Crippen molar-refractivity contribution in [1.29, 1.82) is 0 Å². The minimum atomic E-state index is -0.741. The molecule has 154 valence electrons. The van der Waals surface area contributed by atoms with Crippen LogP contribution in [0.2, 0.25) is 0 Å². The number of methoxy groups -OCH3 is 1. The Morgan fingerprint density at radius 2 is 1.70 bits per heavy atom. The number of aromatic nitrogens is 3. The second-order valence-corrected chi connectivity index (χ2v) is 7.00. The number of benzene rings is 2. The van der Waals surface area contributed by atoms with E-state index in [1.165, 1.54) is 18.2 Å². The molecule has 0 aliphatic heterocycles. The number of aromatic amines is 1. The summed E-state index contributed by atoms with van der Waals surface area (Å²) in [5.74, 6) is -0.574. The topological polar surface area (TPSA) is 166 Å². The van der Waals surface area contributed by atoms with E-state index in [-0.39, 0.29) is 28.5 Å². The lowest BCUT2D eigenvalue weighted by Crippen LogP contribution is -2.19. The van der Waals surface area contributed by atoms with Crippen molar-refractivity contribution in [1.82, 2.24) is 15.2 Å². The van der Waals surface area contributed by atoms with Crippen molar-refractivity contribution < 1.29 is 19.1 Å². The number of thioether (sulfide) groups is 1. The SMILES string of the molecule is COc1ccc(-c2nc(SCC(=O)Nc3cc(C(N)=O)cc(C(N)=O)c3)n[nH]2)cc1. The average molecular weight is 426 g/mol. The van der Waals surface area contributed by atoms with Crippen LogP contribution in [0, 0.1) is 0 Å². The van der Waals surface area contributed by atoms with E-state index in [2.05, 4.69) is 20.5 Å². The van der Waals surface area contributed by atoms with Gasteiger partial charge in [0, 0.05) is 22.4 Å². The molecule has 3 rings (SSSR count). The summed E-state index contributed by atoms with van der Waals surface area (Å²) in [6.07, 6.45) is 0. The van der Waals surface area contributed by atoms with Crippen molar-refractivity contribution in [3.63, 3.8) is 0 Å². The molecule has 0 atom stereocenters. The quantitative estimate of drug-likeness (QED) is 0.395. The van der Waals surface area contributed by atoms with Gasteiger partial charge in [-0.1, -0.05) is 11.8 Å². The fourth-order valence-electron chi connectivity index (χ4n) is 2.50. The molecular weight excluding hydrogens is 408 g/mol. The predicted molar refractivity (Wildman–Crippen MR) is 111 cm³/mol. The maximum absolute atomic E-state index is 12.3. The second kappa shape index (κ2) is 9.09. The number of ether oxygens (including phenoxy) is 1. The highest BCUT2D eigenvalue weighted by molar-refractivity contribution is 7.99. The van der Waals surface area contributed by atoms with Gasteiger partial charge in [0.15, 0.2) is 5.82 Å². The molecule has 0 bridgehead atoms. The number of nitrogens with zero attached hydrogens (tertiary/aromatic N) is 2. The first-order valence-corrected chi connectivity index (χ1v) is 9.58. The molecule has 0 spiro atoms. The molecule has 2 aromatic carbocycles. The minimum Gasteiger partial charge on any atom is -0.497 e. The summed E-state index contributed by atoms with van der Waals surface area (Å²) in [5, 5.41) is 9.89. The predicted octanol–water partition coefficient (Wildman–Crippen LogP) is 1.41. The van der Waals surface area contributed by atoms with E-state index >= 15 is 0 Å². The largest absolute Gasteiger partial charge is 0.497 e. The number of rotatable bonds is 8. The number of amides is 3. The van der Waals surface area contributed by atoms with Gasteiger partial charge in [0.05, 0.1) is 12.9 Å². The van der Waals surface area contributed by atoms with E-state index in [9.17, 15) is 14.4 Å². The molecule has 3 amide bonds. The summed E-state index contributed by atoms with van der Waals surface area (Å²) in [7, 11) is 1.59. The minimum absolute atomic E-state index is 0.00656. The first-order valence-electron chi connectivity index (χ1n) is 8.60. The molecule has 1 heterocycles. The number of carbonyl (C=O) groups excluding carboxylic acids is 3. The van der Waals surface area contributed by atoms with Gasteiger partial charge in [-0.25, -0.2) is 4.98 Å². The number of hydrogen-bond acceptors (Lipinski definition) is 7. The molecule has 11 heteroatoms. The van der Waals surface area contributed by atoms with Crippen molar-refractivity contribution in [2.75, 3.05) is 18.2 Å². The smallest absolute Gasteiger partial charge is 0.248 e. The van der Waals surface area contributed by atoms with Gasteiger partial charge in [0.1, 0.15) is 5.75 Å². The van der Waals surface area contributed by atoms with E-state index in [0.29, 0.717) is 11.0 Å². The van der Waals surface area contributed by atoms with Gasteiger partial charge in [-0.3, -0.25) is 19.5 Å². The number of hydrogen-bond donors (Lipinski definition) is 4. The van der Waals surface area contributed by atoms with E-state index in [0.717, 1.165) is 23.1 Å². The number of primary amides is 2. The van der Waals surface area contributed by atoms with Crippen LogP contribution in [-0.2, 0) is 4.79 Å². The molecule has 1 aromatic heterocycles. The van der Waals surface area contributed by atoms with E-state index in [4.69, 9.17) is 16.2 Å². The van der Waals surface area contributed by atoms with Crippen molar-refractivity contribution in [2.45, 2.75) is 5.16 Å². The molecule has 0 radical (unpaired) electrons. The lowest BCUT2D eigenvalue weighted by molar-refractivity contribution is -0.113. The lowest BCUT2D eigenvalue weighted by atomic mass is 10.1. The van der Waals surface area contributed by atoms with Gasteiger partial charge in [0.25, 0.3) is 0 Å². The Morgan fingerprint density at radius 1 is 1.07 bits per heavy atom. The van der Waals surface area contributed by atoms with Crippen molar-refractivity contribution in [2.24, 2.45) is 11.5 Å². The molecule has 3 aromatic rings. The average Bonchev–Trinajstić information content (AvgIpc) is 3.21. The van der Waals surface area contributed by atoms with Gasteiger partial charge >= 0.3 is 0 Å². The Labute approximate surface area is 175 Å². The van der Waals surface area contributed by atoms with E-state index < -0.39 is 11.8 Å². The normalized spacial score (nSPS) is 10.4. The second-order valence-electron chi connectivity index (χ2n) is 6.06. The van der Waals surface area contributed by atoms with Crippen LogP contribution in [-0.4, -0.2) is 45.8 Å². The van der Waals surface area contributed by atoms with E-state index in [1.54, 1.807) is 19.2 Å². The summed E-state index contributed by atoms with van der Waals surface area (Å²) in [6, 6.07) is 11.3. The molecular formula is C19H18N6O4S. The maximum Gasteiger partial charge on any atom is 0.248 e. The zero-order valence-corrected chi connectivity index (χ0v) is 16.7. The molecule has 30 heavy (non-hydrogen) atoms. The van der Waals surface area contributed by atoms with Gasteiger partial charge in [-0.05, 0) is 42.5 Å². The molecule has 0 aliphatic carbocycles. The summed E-state index contributed by atoms with van der Waals surface area (Å²) in [6.45, 7) is 0. The molecule has 0 unspecified atom stereocenters. The highest BCUT2D eigenvalue weighted by Gasteiger charge is 2.13. The third-order valence-electron chi connectivity index (χ3n) is 3.95. The summed E-state index contributed by atoms with van der Waals surface area (Å²) >= 11 is 1.12. The van der Waals surface area contributed by atoms with Gasteiger partial charge in [0.2, 0.25) is 22.9 Å². The standard InChI is InChI=1S/C19H18N6O4S/c1-29-14-4-2-10(3-5-14)18-23-19(25-24-18)30-9-15(26)22-13-7-11(16(20)27)6-12(8-13)17(21)28/h2-8H,9H2,1H3,(H2,20,27)(H2,21,28)(H,22,26)(H,23,24,25). The third-order valence-corrected chi connectivity index (χ3v) is 4.79. The Hall–Kier alpha value is -3.86. The van der Waals surface area contributed by atoms with Crippen molar-refractivity contribution in [3.05, 3.63) is 53.6 Å². The van der Waals surface area contributed by atoms with Crippen LogP contribution in [0.25, 0.3) is 11.4 Å². The lowest BCUT2D eigenvalue weighted by Gasteiger charge is -2.08. The van der Waals surface area contributed by atoms with Crippen molar-refractivity contribution in [3.8, 4) is 17.1 Å². The Balaban J connectivity index is 1.63. The van der Waals surface area contributed by atoms with Gasteiger partial charge < -0.3 is 21.5 Å². The van der Waals surface area contributed by atoms with E-state index in [1.807, 2.05) is 12.1 Å². The van der Waals surface area contributed by atoms with Gasteiger partial charge in [-0.2, -0.15) is 0 Å². The Bertz CT molecular complexity index is 1060. The molecule has 6 N–H and O–H groups in total. The molecule has 0 aliphatic rings. The Morgan fingerprint density at radius 3 is 2.27 bits per heavy atom. The zero-order chi connectivity index (χ0) is 21.7. The monoisotopic (exact) mass is 426 g/mol. The molecule has 10 nitrogen and oxygen atoms in total. The molecule has 0 saturated heterocycles. The highest BCUT2D eigenvalue weighted by atomic mass is 32.2. The zero-order valence-electron chi connectivity index (χ0n) is 15.8. The fourth-order valence-corrected chi connectivity index (χ4v) is 3.10. The van der Waals surface area contributed by atoms with Crippen LogP contribution >= 0.6 is 11.8 Å². The number of carbonyl (C=O) groups is 3. The number of anilines is 1. The number of nitrogens with two attached hydrogens (primary N) is 2. The third kappa shape index (κ3) is 5.14. The number of H-pyrrole nitrogens is 1. The first kappa shape index (κ1) is 20.9. The van der Waals surface area contributed by atoms with Crippen LogP contribution < -0.4 is 21.5 Å². The van der Waals surface area contributed by atoms with Crippen molar-refractivity contribution >= 4 is 35.2 Å². The molecule has 0 fully saturated rings. The summed E-state index contributed by atoms with van der Waals surface area (Å²) in [5.41, 5.74) is 11.7. The van der Waals surface area contributed by atoms with Crippen LogP contribution in [0.1, 0.15) is 20.7 Å². The fraction of sp³-hybridized carbons (Fsp3) is 0.105. The first-order chi connectivity index (χ1) is 14.4. The van der Waals surface area contributed by atoms with Crippen LogP contribution in [0.4, 0.5) is 5.69 Å². The maximum atomic E-state index is 12.3.